The maximum Gasteiger partial charge on any atom is 0.227 e. The lowest BCUT2D eigenvalue weighted by atomic mass is 10.0. The van der Waals surface area contributed by atoms with Gasteiger partial charge in [0.2, 0.25) is 11.8 Å². The van der Waals surface area contributed by atoms with Crippen LogP contribution in [0.25, 0.3) is 11.3 Å². The van der Waals surface area contributed by atoms with E-state index >= 15 is 0 Å². The third-order valence-corrected chi connectivity index (χ3v) is 6.07. The Morgan fingerprint density at radius 2 is 1.73 bits per heavy atom. The van der Waals surface area contributed by atoms with E-state index in [1.54, 1.807) is 7.11 Å². The molecule has 1 aromatic heterocycles. The highest BCUT2D eigenvalue weighted by atomic mass is 16.5. The van der Waals surface area contributed by atoms with E-state index in [2.05, 4.69) is 5.32 Å². The van der Waals surface area contributed by atoms with Crippen LogP contribution < -0.4 is 10.1 Å². The first-order valence-electron chi connectivity index (χ1n) is 11.5. The third-order valence-electron chi connectivity index (χ3n) is 6.07. The fraction of sp³-hybridized carbons (Fsp3) is 0.333. The number of carbonyl (C=O) groups excluding carboxylic acids is 2. The Hall–Kier alpha value is -3.54. The Morgan fingerprint density at radius 1 is 1.00 bits per heavy atom. The van der Waals surface area contributed by atoms with Gasteiger partial charge in [-0.25, -0.2) is 0 Å². The molecule has 33 heavy (non-hydrogen) atoms. The summed E-state index contributed by atoms with van der Waals surface area (Å²) in [7, 11) is 1.62. The lowest BCUT2D eigenvalue weighted by molar-refractivity contribution is -0.131. The molecular weight excluding hydrogens is 416 g/mol. The number of carbonyl (C=O) groups is 2. The molecular formula is C27H30N2O4. The maximum absolute atomic E-state index is 12.7. The zero-order valence-corrected chi connectivity index (χ0v) is 19.0. The molecule has 1 saturated heterocycles. The molecule has 2 aromatic carbocycles. The number of furan rings is 1. The van der Waals surface area contributed by atoms with Crippen LogP contribution in [-0.2, 0) is 22.4 Å². The fourth-order valence-electron chi connectivity index (χ4n) is 4.20. The predicted molar refractivity (Wildman–Crippen MR) is 127 cm³/mol. The molecule has 0 saturated carbocycles. The Kier molecular flexibility index (Phi) is 7.45. The first kappa shape index (κ1) is 22.6. The highest BCUT2D eigenvalue weighted by Crippen LogP contribution is 2.23. The van der Waals surface area contributed by atoms with Gasteiger partial charge in [-0.1, -0.05) is 48.5 Å². The summed E-state index contributed by atoms with van der Waals surface area (Å²) < 4.78 is 11.2. The van der Waals surface area contributed by atoms with Gasteiger partial charge in [0.05, 0.1) is 13.5 Å². The van der Waals surface area contributed by atoms with Crippen LogP contribution in [0.3, 0.4) is 0 Å². The molecule has 2 heterocycles. The largest absolute Gasteiger partial charge is 0.496 e. The van der Waals surface area contributed by atoms with E-state index in [1.807, 2.05) is 71.6 Å². The van der Waals surface area contributed by atoms with Crippen molar-refractivity contribution < 1.29 is 18.7 Å². The summed E-state index contributed by atoms with van der Waals surface area (Å²) in [5.41, 5.74) is 1.92. The summed E-state index contributed by atoms with van der Waals surface area (Å²) in [6.07, 6.45) is 2.81. The number of aryl methyl sites for hydroxylation is 1. The maximum atomic E-state index is 12.7. The zero-order valence-electron chi connectivity index (χ0n) is 19.0. The van der Waals surface area contributed by atoms with Crippen molar-refractivity contribution >= 4 is 11.8 Å². The standard InChI is InChI=1S/C27H30N2O4/c1-32-24-10-6-5-9-21(24)19-27(31)29-17-15-22(16-18-29)28-26(30)14-12-23-11-13-25(33-23)20-7-3-2-4-8-20/h2-11,13,22H,12,14-19H2,1H3,(H,28,30). The minimum atomic E-state index is 0.0199. The molecule has 6 heteroatoms. The van der Waals surface area contributed by atoms with Crippen LogP contribution in [0.1, 0.15) is 30.6 Å². The van der Waals surface area contributed by atoms with Gasteiger partial charge >= 0.3 is 0 Å². The molecule has 0 aliphatic carbocycles. The number of nitrogens with zero attached hydrogens (tertiary/aromatic N) is 1. The Morgan fingerprint density at radius 3 is 2.48 bits per heavy atom. The number of amides is 2. The molecule has 172 valence electrons. The molecule has 6 nitrogen and oxygen atoms in total. The average Bonchev–Trinajstić information content (AvgIpc) is 3.33. The number of piperidine rings is 1. The first-order valence-corrected chi connectivity index (χ1v) is 11.5. The SMILES string of the molecule is COc1ccccc1CC(=O)N1CCC(NC(=O)CCc2ccc(-c3ccccc3)o2)CC1. The predicted octanol–water partition coefficient (Wildman–Crippen LogP) is 4.24. The summed E-state index contributed by atoms with van der Waals surface area (Å²) in [5, 5.41) is 3.12. The molecule has 3 aromatic rings. The van der Waals surface area contributed by atoms with Crippen molar-refractivity contribution in [2.45, 2.75) is 38.1 Å². The van der Waals surface area contributed by atoms with E-state index in [1.165, 1.54) is 0 Å². The number of para-hydroxylation sites is 1. The summed E-state index contributed by atoms with van der Waals surface area (Å²) in [5.74, 6) is 2.47. The van der Waals surface area contributed by atoms with Gasteiger partial charge in [-0.15, -0.1) is 0 Å². The van der Waals surface area contributed by atoms with Crippen molar-refractivity contribution in [2.24, 2.45) is 0 Å². The lowest BCUT2D eigenvalue weighted by Crippen LogP contribution is -2.47. The van der Waals surface area contributed by atoms with Crippen LogP contribution in [0.5, 0.6) is 5.75 Å². The van der Waals surface area contributed by atoms with Gasteiger partial charge in [-0.2, -0.15) is 0 Å². The van der Waals surface area contributed by atoms with Crippen LogP contribution in [0.4, 0.5) is 0 Å². The van der Waals surface area contributed by atoms with Crippen molar-refractivity contribution in [1.29, 1.82) is 0 Å². The number of nitrogens with one attached hydrogen (secondary N) is 1. The minimum absolute atomic E-state index is 0.0199. The summed E-state index contributed by atoms with van der Waals surface area (Å²) >= 11 is 0. The number of hydrogen-bond donors (Lipinski definition) is 1. The van der Waals surface area contributed by atoms with E-state index in [0.29, 0.717) is 32.4 Å². The van der Waals surface area contributed by atoms with E-state index in [0.717, 1.165) is 41.2 Å². The smallest absolute Gasteiger partial charge is 0.227 e. The van der Waals surface area contributed by atoms with Crippen LogP contribution in [0.2, 0.25) is 0 Å². The van der Waals surface area contributed by atoms with E-state index < -0.39 is 0 Å². The molecule has 0 spiro atoms. The molecule has 0 unspecified atom stereocenters. The second-order valence-corrected chi connectivity index (χ2v) is 8.34. The Labute approximate surface area is 194 Å². The van der Waals surface area contributed by atoms with Crippen LogP contribution >= 0.6 is 0 Å². The van der Waals surface area contributed by atoms with Gasteiger partial charge in [-0.3, -0.25) is 9.59 Å². The highest BCUT2D eigenvalue weighted by molar-refractivity contribution is 5.80. The van der Waals surface area contributed by atoms with Crippen LogP contribution in [-0.4, -0.2) is 43.0 Å². The zero-order chi connectivity index (χ0) is 23.0. The second-order valence-electron chi connectivity index (χ2n) is 8.34. The average molecular weight is 447 g/mol. The molecule has 1 fully saturated rings. The Bertz CT molecular complexity index is 1070. The van der Waals surface area contributed by atoms with E-state index in [9.17, 15) is 9.59 Å². The summed E-state index contributed by atoms with van der Waals surface area (Å²) in [6, 6.07) is 21.5. The quantitative estimate of drug-likeness (QED) is 0.562. The topological polar surface area (TPSA) is 71.8 Å². The minimum Gasteiger partial charge on any atom is -0.496 e. The number of benzene rings is 2. The fourth-order valence-corrected chi connectivity index (χ4v) is 4.20. The van der Waals surface area contributed by atoms with Crippen molar-refractivity contribution in [1.82, 2.24) is 10.2 Å². The number of hydrogen-bond acceptors (Lipinski definition) is 4. The molecule has 1 aliphatic heterocycles. The molecule has 0 bridgehead atoms. The highest BCUT2D eigenvalue weighted by Gasteiger charge is 2.24. The second kappa shape index (κ2) is 10.9. The van der Waals surface area contributed by atoms with E-state index in [-0.39, 0.29) is 17.9 Å². The van der Waals surface area contributed by atoms with Gasteiger partial charge < -0.3 is 19.4 Å². The third kappa shape index (κ3) is 6.04. The van der Waals surface area contributed by atoms with Crippen LogP contribution in [0, 0.1) is 0 Å². The number of methoxy groups -OCH3 is 1. The monoisotopic (exact) mass is 446 g/mol. The lowest BCUT2D eigenvalue weighted by Gasteiger charge is -2.32. The van der Waals surface area contributed by atoms with Crippen LogP contribution in [0.15, 0.2) is 71.1 Å². The number of likely N-dealkylation sites (tertiary alicyclic amines) is 1. The van der Waals surface area contributed by atoms with Crippen molar-refractivity contribution in [2.75, 3.05) is 20.2 Å². The van der Waals surface area contributed by atoms with Gasteiger partial charge in [0.25, 0.3) is 0 Å². The molecule has 4 rings (SSSR count). The van der Waals surface area contributed by atoms with Crippen molar-refractivity contribution in [3.63, 3.8) is 0 Å². The molecule has 0 atom stereocenters. The molecule has 1 aliphatic rings. The molecule has 1 N–H and O–H groups in total. The Balaban J connectivity index is 1.19. The molecule has 2 amide bonds. The van der Waals surface area contributed by atoms with Gasteiger partial charge in [-0.05, 0) is 31.0 Å². The number of rotatable bonds is 8. The van der Waals surface area contributed by atoms with Crippen molar-refractivity contribution in [3.05, 3.63) is 78.1 Å². The summed E-state index contributed by atoms with van der Waals surface area (Å²) in [6.45, 7) is 1.30. The van der Waals surface area contributed by atoms with Gasteiger partial charge in [0, 0.05) is 43.1 Å². The van der Waals surface area contributed by atoms with Gasteiger partial charge in [0.1, 0.15) is 17.3 Å². The normalized spacial score (nSPS) is 14.2. The van der Waals surface area contributed by atoms with E-state index in [4.69, 9.17) is 9.15 Å². The van der Waals surface area contributed by atoms with Gasteiger partial charge in [0.15, 0.2) is 0 Å². The summed E-state index contributed by atoms with van der Waals surface area (Å²) in [4.78, 5) is 27.0. The number of ether oxygens (including phenoxy) is 1. The molecule has 0 radical (unpaired) electrons. The van der Waals surface area contributed by atoms with Crippen molar-refractivity contribution in [3.8, 4) is 17.1 Å². The first-order chi connectivity index (χ1) is 16.1.